The molecule has 142 valence electrons. The van der Waals surface area contributed by atoms with Gasteiger partial charge in [-0.1, -0.05) is 12.1 Å². The minimum atomic E-state index is -0.0535. The highest BCUT2D eigenvalue weighted by Gasteiger charge is 2.50. The van der Waals surface area contributed by atoms with Gasteiger partial charge in [0.1, 0.15) is 0 Å². The number of aryl methyl sites for hydroxylation is 1. The lowest BCUT2D eigenvalue weighted by Crippen LogP contribution is -2.53. The van der Waals surface area contributed by atoms with E-state index in [2.05, 4.69) is 22.1 Å². The second-order valence-corrected chi connectivity index (χ2v) is 8.33. The van der Waals surface area contributed by atoms with Crippen molar-refractivity contribution in [2.45, 2.75) is 77.5 Å². The molecule has 7 heteroatoms. The van der Waals surface area contributed by atoms with Crippen molar-refractivity contribution in [3.05, 3.63) is 11.4 Å². The fourth-order valence-electron chi connectivity index (χ4n) is 4.87. The minimum Gasteiger partial charge on any atom is -0.337 e. The van der Waals surface area contributed by atoms with Crippen LogP contribution < -0.4 is 0 Å². The molecule has 1 aromatic rings. The first-order valence-electron chi connectivity index (χ1n) is 9.91. The topological polar surface area (TPSA) is 71.3 Å². The molecule has 7 nitrogen and oxygen atoms in total. The molecule has 26 heavy (non-hydrogen) atoms. The molecule has 0 radical (unpaired) electrons. The van der Waals surface area contributed by atoms with Gasteiger partial charge in [0.15, 0.2) is 5.69 Å². The monoisotopic (exact) mass is 359 g/mol. The summed E-state index contributed by atoms with van der Waals surface area (Å²) in [5, 5.41) is 8.16. The first-order valence-corrected chi connectivity index (χ1v) is 9.91. The number of piperidine rings is 1. The maximum Gasteiger partial charge on any atom is 0.276 e. The molecule has 3 heterocycles. The summed E-state index contributed by atoms with van der Waals surface area (Å²) in [5.74, 6) is 1.11. The lowest BCUT2D eigenvalue weighted by molar-refractivity contribution is -0.138. The van der Waals surface area contributed by atoms with Crippen LogP contribution in [0, 0.1) is 18.8 Å². The standard InChI is InChI=1S/C19H29N5O2/c1-5-23-12(3)17(20-21-23)19(26)22(4)15-9-13-6-7-14(10-15)24(13)18(25)16-8-11(16)2/h11,13-16H,5-10H2,1-4H3. The van der Waals surface area contributed by atoms with E-state index in [0.717, 1.165) is 37.8 Å². The molecule has 1 aliphatic carbocycles. The number of nitrogens with zero attached hydrogens (tertiary/aromatic N) is 5. The second kappa shape index (κ2) is 6.35. The molecule has 0 N–H and O–H groups in total. The van der Waals surface area contributed by atoms with Gasteiger partial charge < -0.3 is 9.80 Å². The van der Waals surface area contributed by atoms with Crippen LogP contribution in [0.25, 0.3) is 0 Å². The highest BCUT2D eigenvalue weighted by molar-refractivity contribution is 5.93. The van der Waals surface area contributed by atoms with Crippen LogP contribution in [0.1, 0.15) is 62.1 Å². The molecule has 0 aromatic carbocycles. The molecule has 2 saturated heterocycles. The van der Waals surface area contributed by atoms with Crippen molar-refractivity contribution in [1.82, 2.24) is 24.8 Å². The van der Waals surface area contributed by atoms with E-state index in [0.29, 0.717) is 36.1 Å². The zero-order valence-corrected chi connectivity index (χ0v) is 16.2. The lowest BCUT2D eigenvalue weighted by atomic mass is 9.95. The predicted molar refractivity (Wildman–Crippen MR) is 96.5 cm³/mol. The Kier molecular flexibility index (Phi) is 4.28. The predicted octanol–water partition coefficient (Wildman–Crippen LogP) is 1.86. The van der Waals surface area contributed by atoms with Crippen molar-refractivity contribution >= 4 is 11.8 Å². The van der Waals surface area contributed by atoms with Gasteiger partial charge in [0.05, 0.1) is 5.69 Å². The van der Waals surface area contributed by atoms with E-state index < -0.39 is 0 Å². The number of amides is 2. The van der Waals surface area contributed by atoms with E-state index in [-0.39, 0.29) is 17.9 Å². The van der Waals surface area contributed by atoms with Crippen molar-refractivity contribution < 1.29 is 9.59 Å². The second-order valence-electron chi connectivity index (χ2n) is 8.33. The van der Waals surface area contributed by atoms with Gasteiger partial charge in [-0.25, -0.2) is 4.68 Å². The Balaban J connectivity index is 1.46. The summed E-state index contributed by atoms with van der Waals surface area (Å²) in [5.41, 5.74) is 1.27. The first kappa shape index (κ1) is 17.5. The van der Waals surface area contributed by atoms with Crippen LogP contribution in [0.15, 0.2) is 0 Å². The van der Waals surface area contributed by atoms with Crippen molar-refractivity contribution in [3.63, 3.8) is 0 Å². The molecule has 4 unspecified atom stereocenters. The average molecular weight is 359 g/mol. The molecule has 3 aliphatic rings. The minimum absolute atomic E-state index is 0.0535. The highest BCUT2D eigenvalue weighted by Crippen LogP contribution is 2.45. The number of hydrogen-bond donors (Lipinski definition) is 0. The molecule has 0 spiro atoms. The number of carbonyl (C=O) groups excluding carboxylic acids is 2. The van der Waals surface area contributed by atoms with Gasteiger partial charge in [-0.3, -0.25) is 9.59 Å². The lowest BCUT2D eigenvalue weighted by Gasteiger charge is -2.42. The summed E-state index contributed by atoms with van der Waals surface area (Å²) in [7, 11) is 1.87. The Morgan fingerprint density at radius 2 is 1.81 bits per heavy atom. The van der Waals surface area contributed by atoms with Crippen molar-refractivity contribution in [2.75, 3.05) is 7.05 Å². The van der Waals surface area contributed by atoms with Crippen molar-refractivity contribution in [1.29, 1.82) is 0 Å². The van der Waals surface area contributed by atoms with Gasteiger partial charge in [-0.05, 0) is 51.9 Å². The average Bonchev–Trinajstić information content (AvgIpc) is 3.16. The van der Waals surface area contributed by atoms with Crippen LogP contribution in [0.3, 0.4) is 0 Å². The number of hydrogen-bond acceptors (Lipinski definition) is 4. The van der Waals surface area contributed by atoms with Gasteiger partial charge in [0, 0.05) is 37.6 Å². The SMILES string of the molecule is CCn1nnc(C(=O)N(C)C2CC3CCC(C2)N3C(=O)C2CC2C)c1C. The van der Waals surface area contributed by atoms with Crippen molar-refractivity contribution in [3.8, 4) is 0 Å². The largest absolute Gasteiger partial charge is 0.337 e. The summed E-state index contributed by atoms with van der Waals surface area (Å²) in [6.45, 7) is 6.76. The molecule has 2 aliphatic heterocycles. The Bertz CT molecular complexity index is 716. The maximum absolute atomic E-state index is 12.9. The third kappa shape index (κ3) is 2.72. The number of fused-ring (bicyclic) bond motifs is 2. The number of rotatable bonds is 4. The maximum atomic E-state index is 12.9. The van der Waals surface area contributed by atoms with E-state index in [1.807, 2.05) is 25.8 Å². The Hall–Kier alpha value is -1.92. The van der Waals surface area contributed by atoms with Gasteiger partial charge in [0.25, 0.3) is 5.91 Å². The fraction of sp³-hybridized carbons (Fsp3) is 0.789. The normalized spacial score (nSPS) is 32.6. The molecule has 4 atom stereocenters. The molecule has 2 bridgehead atoms. The molecule has 2 amide bonds. The molecule has 1 saturated carbocycles. The smallest absolute Gasteiger partial charge is 0.276 e. The van der Waals surface area contributed by atoms with Crippen LogP contribution in [-0.4, -0.2) is 61.8 Å². The summed E-state index contributed by atoms with van der Waals surface area (Å²) in [4.78, 5) is 29.7. The van der Waals surface area contributed by atoms with Crippen LogP contribution in [-0.2, 0) is 11.3 Å². The quantitative estimate of drug-likeness (QED) is 0.823. The van der Waals surface area contributed by atoms with Crippen LogP contribution in [0.5, 0.6) is 0 Å². The molecule has 4 rings (SSSR count). The van der Waals surface area contributed by atoms with E-state index in [1.165, 1.54) is 0 Å². The van der Waals surface area contributed by atoms with Crippen LogP contribution in [0.4, 0.5) is 0 Å². The molecule has 1 aromatic heterocycles. The number of aromatic nitrogens is 3. The molecular weight excluding hydrogens is 330 g/mol. The van der Waals surface area contributed by atoms with Crippen molar-refractivity contribution in [2.24, 2.45) is 11.8 Å². The van der Waals surface area contributed by atoms with Gasteiger partial charge in [-0.2, -0.15) is 0 Å². The van der Waals surface area contributed by atoms with E-state index in [9.17, 15) is 9.59 Å². The highest BCUT2D eigenvalue weighted by atomic mass is 16.2. The van der Waals surface area contributed by atoms with Crippen LogP contribution in [0.2, 0.25) is 0 Å². The summed E-state index contributed by atoms with van der Waals surface area (Å²) >= 11 is 0. The first-order chi connectivity index (χ1) is 12.4. The fourth-order valence-corrected chi connectivity index (χ4v) is 4.87. The van der Waals surface area contributed by atoms with Crippen LogP contribution >= 0.6 is 0 Å². The van der Waals surface area contributed by atoms with Gasteiger partial charge >= 0.3 is 0 Å². The third-order valence-electron chi connectivity index (χ3n) is 6.74. The van der Waals surface area contributed by atoms with E-state index in [4.69, 9.17) is 0 Å². The summed E-state index contributed by atoms with van der Waals surface area (Å²) in [6, 6.07) is 0.760. The molecular formula is C19H29N5O2. The van der Waals surface area contributed by atoms with E-state index >= 15 is 0 Å². The van der Waals surface area contributed by atoms with Gasteiger partial charge in [0.2, 0.25) is 5.91 Å². The summed E-state index contributed by atoms with van der Waals surface area (Å²) < 4.78 is 1.75. The Labute approximate surface area is 154 Å². The third-order valence-corrected chi connectivity index (χ3v) is 6.74. The molecule has 3 fully saturated rings. The number of carbonyl (C=O) groups is 2. The Morgan fingerprint density at radius 1 is 1.19 bits per heavy atom. The zero-order valence-electron chi connectivity index (χ0n) is 16.2. The zero-order chi connectivity index (χ0) is 18.6. The summed E-state index contributed by atoms with van der Waals surface area (Å²) in [6.07, 6.45) is 4.95. The van der Waals surface area contributed by atoms with E-state index in [1.54, 1.807) is 4.68 Å². The Morgan fingerprint density at radius 3 is 2.31 bits per heavy atom. The van der Waals surface area contributed by atoms with Gasteiger partial charge in [-0.15, -0.1) is 5.10 Å².